The number of carbonyl (C=O) groups is 5. The summed E-state index contributed by atoms with van der Waals surface area (Å²) in [6.45, 7) is 3.76. The maximum absolute atomic E-state index is 14.4. The summed E-state index contributed by atoms with van der Waals surface area (Å²) in [7, 11) is 0. The Balaban J connectivity index is 1.31. The first-order valence-corrected chi connectivity index (χ1v) is 17.9. The van der Waals surface area contributed by atoms with Gasteiger partial charge in [0.2, 0.25) is 29.5 Å². The summed E-state index contributed by atoms with van der Waals surface area (Å²) >= 11 is 0. The number of para-hydroxylation sites is 1. The molecule has 0 saturated carbocycles. The number of H-pyrrole nitrogens is 1. The van der Waals surface area contributed by atoms with Crippen LogP contribution in [0.3, 0.4) is 0 Å². The second-order valence-electron chi connectivity index (χ2n) is 14.0. The van der Waals surface area contributed by atoms with E-state index in [9.17, 15) is 29.1 Å². The number of aliphatic hydroxyl groups excluding tert-OH is 1. The first-order valence-electron chi connectivity index (χ1n) is 17.9. The van der Waals surface area contributed by atoms with Crippen LogP contribution in [-0.2, 0) is 43.2 Å². The van der Waals surface area contributed by atoms with Crippen molar-refractivity contribution in [3.63, 3.8) is 0 Å². The molecule has 52 heavy (non-hydrogen) atoms. The van der Waals surface area contributed by atoms with Gasteiger partial charge in [-0.15, -0.1) is 0 Å². The summed E-state index contributed by atoms with van der Waals surface area (Å²) in [5, 5.41) is 20.1. The molecule has 1 aromatic heterocycles. The summed E-state index contributed by atoms with van der Waals surface area (Å²) < 4.78 is 0. The number of aromatic nitrogens is 1. The highest BCUT2D eigenvalue weighted by molar-refractivity contribution is 5.96. The van der Waals surface area contributed by atoms with Gasteiger partial charge in [0.1, 0.15) is 18.1 Å². The van der Waals surface area contributed by atoms with Crippen molar-refractivity contribution < 1.29 is 29.1 Å². The molecule has 0 bridgehead atoms. The van der Waals surface area contributed by atoms with Crippen LogP contribution >= 0.6 is 0 Å². The van der Waals surface area contributed by atoms with Crippen LogP contribution in [0, 0.1) is 0 Å². The number of carbonyl (C=O) groups excluding carboxylic acids is 5. The lowest BCUT2D eigenvalue weighted by Crippen LogP contribution is -2.57. The Morgan fingerprint density at radius 2 is 1.58 bits per heavy atom. The molecule has 5 amide bonds. The molecule has 3 aromatic carbocycles. The highest BCUT2D eigenvalue weighted by atomic mass is 16.3. The van der Waals surface area contributed by atoms with Gasteiger partial charge < -0.3 is 35.8 Å². The SMILES string of the molecule is CC(C)c1ccc(CC(=O)N2CCNC(=O)[C@H](Cc3ccccc3)NC(=O)[C@@H]3C[C@@H](O)CN3C(=O)[C@@H](Cc3c[nH]c4ccccc34)NC(=O)C2)cc1. The van der Waals surface area contributed by atoms with Gasteiger partial charge in [-0.1, -0.05) is 86.6 Å². The second kappa shape index (κ2) is 16.2. The Bertz CT molecular complexity index is 1910. The molecular weight excluding hydrogens is 660 g/mol. The molecule has 4 aromatic rings. The number of amides is 5. The maximum Gasteiger partial charge on any atom is 0.246 e. The number of rotatable bonds is 7. The van der Waals surface area contributed by atoms with Gasteiger partial charge in [0.05, 0.1) is 19.1 Å². The van der Waals surface area contributed by atoms with Gasteiger partial charge >= 0.3 is 0 Å². The quantitative estimate of drug-likeness (QED) is 0.198. The molecule has 12 heteroatoms. The number of aliphatic hydroxyl groups is 1. The van der Waals surface area contributed by atoms with Crippen molar-refractivity contribution >= 4 is 40.4 Å². The molecule has 5 N–H and O–H groups in total. The van der Waals surface area contributed by atoms with Gasteiger partial charge in [-0.3, -0.25) is 24.0 Å². The average Bonchev–Trinajstić information content (AvgIpc) is 3.73. The monoisotopic (exact) mass is 706 g/mol. The standard InChI is InChI=1S/C40H46N6O6/c1-25(2)28-14-12-27(13-15-28)19-37(49)45-17-16-41-38(50)33(18-26-8-4-3-5-9-26)44-39(51)35-21-30(47)23-46(35)40(52)34(43-36(48)24-45)20-29-22-42-32-11-7-6-10-31(29)32/h3-15,22,25,30,33-35,42,47H,16-21,23-24H2,1-2H3,(H,41,50)(H,43,48)(H,44,51)/t30-,33+,34-,35+/m1/s1. The Morgan fingerprint density at radius 1 is 0.846 bits per heavy atom. The lowest BCUT2D eigenvalue weighted by atomic mass is 10.0. The molecule has 6 rings (SSSR count). The minimum absolute atomic E-state index is 0.0224. The van der Waals surface area contributed by atoms with Crippen LogP contribution in [0.4, 0.5) is 0 Å². The van der Waals surface area contributed by atoms with Crippen LogP contribution in [0.5, 0.6) is 0 Å². The van der Waals surface area contributed by atoms with Gasteiger partial charge in [0.25, 0.3) is 0 Å². The van der Waals surface area contributed by atoms with Crippen LogP contribution in [-0.4, -0.2) is 99.8 Å². The highest BCUT2D eigenvalue weighted by Gasteiger charge is 2.43. The maximum atomic E-state index is 14.4. The zero-order valence-electron chi connectivity index (χ0n) is 29.5. The van der Waals surface area contributed by atoms with E-state index in [2.05, 4.69) is 34.8 Å². The Morgan fingerprint density at radius 3 is 2.33 bits per heavy atom. The van der Waals surface area contributed by atoms with Gasteiger partial charge in [-0.25, -0.2) is 0 Å². The van der Waals surface area contributed by atoms with Crippen molar-refractivity contribution in [2.75, 3.05) is 26.2 Å². The van der Waals surface area contributed by atoms with E-state index in [0.29, 0.717) is 5.92 Å². The summed E-state index contributed by atoms with van der Waals surface area (Å²) in [6.07, 6.45) is 1.10. The van der Waals surface area contributed by atoms with Crippen LogP contribution < -0.4 is 16.0 Å². The number of hydrogen-bond acceptors (Lipinski definition) is 6. The summed E-state index contributed by atoms with van der Waals surface area (Å²) in [4.78, 5) is 75.3. The third-order valence-electron chi connectivity index (χ3n) is 9.88. The predicted octanol–water partition coefficient (Wildman–Crippen LogP) is 2.21. The Labute approximate surface area is 302 Å². The Kier molecular flexibility index (Phi) is 11.3. The number of nitrogens with one attached hydrogen (secondary N) is 4. The number of hydrogen-bond donors (Lipinski definition) is 5. The minimum Gasteiger partial charge on any atom is -0.391 e. The van der Waals surface area contributed by atoms with Crippen molar-refractivity contribution in [1.82, 2.24) is 30.7 Å². The average molecular weight is 707 g/mol. The topological polar surface area (TPSA) is 164 Å². The number of aromatic amines is 1. The highest BCUT2D eigenvalue weighted by Crippen LogP contribution is 2.24. The van der Waals surface area contributed by atoms with Crippen LogP contribution in [0.2, 0.25) is 0 Å². The summed E-state index contributed by atoms with van der Waals surface area (Å²) in [5.74, 6) is -2.14. The molecular formula is C40H46N6O6. The van der Waals surface area contributed by atoms with E-state index in [4.69, 9.17) is 0 Å². The van der Waals surface area contributed by atoms with Crippen molar-refractivity contribution in [2.24, 2.45) is 0 Å². The number of nitrogens with zero attached hydrogens (tertiary/aromatic N) is 2. The zero-order chi connectivity index (χ0) is 36.8. The fourth-order valence-corrected chi connectivity index (χ4v) is 7.00. The molecule has 2 aliphatic rings. The first-order chi connectivity index (χ1) is 25.0. The third kappa shape index (κ3) is 8.68. The van der Waals surface area contributed by atoms with Crippen molar-refractivity contribution in [3.8, 4) is 0 Å². The first kappa shape index (κ1) is 36.3. The lowest BCUT2D eigenvalue weighted by molar-refractivity contribution is -0.142. The fraction of sp³-hybridized carbons (Fsp3) is 0.375. The molecule has 2 aliphatic heterocycles. The van der Waals surface area contributed by atoms with Gasteiger partial charge in [0, 0.05) is 56.0 Å². The van der Waals surface area contributed by atoms with Crippen molar-refractivity contribution in [3.05, 3.63) is 107 Å². The molecule has 0 aliphatic carbocycles. The molecule has 12 nitrogen and oxygen atoms in total. The number of benzene rings is 3. The lowest BCUT2D eigenvalue weighted by Gasteiger charge is -2.30. The van der Waals surface area contributed by atoms with Crippen LogP contribution in [0.1, 0.15) is 48.4 Å². The Hall–Kier alpha value is -5.49. The largest absolute Gasteiger partial charge is 0.391 e. The van der Waals surface area contributed by atoms with Gasteiger partial charge in [-0.05, 0) is 34.2 Å². The van der Waals surface area contributed by atoms with Gasteiger partial charge in [0.15, 0.2) is 0 Å². The van der Waals surface area contributed by atoms with Crippen molar-refractivity contribution in [2.45, 2.75) is 69.7 Å². The van der Waals surface area contributed by atoms with E-state index in [1.165, 1.54) is 9.80 Å². The van der Waals surface area contributed by atoms with Crippen LogP contribution in [0.15, 0.2) is 85.1 Å². The van der Waals surface area contributed by atoms with E-state index >= 15 is 0 Å². The second-order valence-corrected chi connectivity index (χ2v) is 14.0. The fourth-order valence-electron chi connectivity index (χ4n) is 7.00. The normalized spacial score (nSPS) is 22.0. The molecule has 272 valence electrons. The molecule has 2 fully saturated rings. The molecule has 0 spiro atoms. The van der Waals surface area contributed by atoms with E-state index in [1.54, 1.807) is 6.20 Å². The van der Waals surface area contributed by atoms with E-state index in [-0.39, 0.29) is 57.8 Å². The molecule has 4 atom stereocenters. The molecule has 0 radical (unpaired) electrons. The predicted molar refractivity (Wildman–Crippen MR) is 196 cm³/mol. The zero-order valence-corrected chi connectivity index (χ0v) is 29.5. The summed E-state index contributed by atoms with van der Waals surface area (Å²) in [5.41, 5.74) is 4.38. The van der Waals surface area contributed by atoms with E-state index in [0.717, 1.165) is 33.2 Å². The van der Waals surface area contributed by atoms with E-state index < -0.39 is 47.9 Å². The molecule has 0 unspecified atom stereocenters. The number of fused-ring (bicyclic) bond motifs is 2. The smallest absolute Gasteiger partial charge is 0.246 e. The van der Waals surface area contributed by atoms with E-state index in [1.807, 2.05) is 78.9 Å². The molecule has 3 heterocycles. The third-order valence-corrected chi connectivity index (χ3v) is 9.88. The van der Waals surface area contributed by atoms with Gasteiger partial charge in [-0.2, -0.15) is 0 Å². The summed E-state index contributed by atoms with van der Waals surface area (Å²) in [6, 6.07) is 21.4. The van der Waals surface area contributed by atoms with Crippen molar-refractivity contribution in [1.29, 1.82) is 0 Å². The molecule has 2 saturated heterocycles. The minimum atomic E-state index is -1.11. The van der Waals surface area contributed by atoms with Crippen LogP contribution in [0.25, 0.3) is 10.9 Å².